The van der Waals surface area contributed by atoms with Crippen LogP contribution >= 0.6 is 0 Å². The van der Waals surface area contributed by atoms with Gasteiger partial charge in [-0.2, -0.15) is 0 Å². The van der Waals surface area contributed by atoms with E-state index < -0.39 is 23.4 Å². The SMILES string of the molecule is O=C(O)C(=O)NC1(C(=O)O)CCCCC1. The molecule has 0 aliphatic heterocycles. The zero-order valence-electron chi connectivity index (χ0n) is 8.15. The second-order valence-corrected chi connectivity index (χ2v) is 3.71. The number of carboxylic acids is 2. The van der Waals surface area contributed by atoms with E-state index in [1.54, 1.807) is 0 Å². The van der Waals surface area contributed by atoms with Crippen molar-refractivity contribution < 1.29 is 24.6 Å². The van der Waals surface area contributed by atoms with Gasteiger partial charge >= 0.3 is 17.8 Å². The highest BCUT2D eigenvalue weighted by molar-refractivity contribution is 6.32. The molecule has 0 aromatic rings. The molecule has 0 aromatic heterocycles. The van der Waals surface area contributed by atoms with E-state index in [2.05, 4.69) is 5.32 Å². The number of rotatable bonds is 2. The summed E-state index contributed by atoms with van der Waals surface area (Å²) in [5.74, 6) is -4.06. The summed E-state index contributed by atoms with van der Waals surface area (Å²) in [6.07, 6.45) is 2.87. The van der Waals surface area contributed by atoms with Crippen molar-refractivity contribution in [3.63, 3.8) is 0 Å². The molecule has 0 spiro atoms. The summed E-state index contributed by atoms with van der Waals surface area (Å²) in [6, 6.07) is 0. The number of nitrogens with one attached hydrogen (secondary N) is 1. The lowest BCUT2D eigenvalue weighted by Crippen LogP contribution is -2.57. The van der Waals surface area contributed by atoms with Crippen molar-refractivity contribution in [3.05, 3.63) is 0 Å². The number of carbonyl (C=O) groups excluding carboxylic acids is 1. The normalized spacial score (nSPS) is 19.2. The highest BCUT2D eigenvalue weighted by atomic mass is 16.4. The Kier molecular flexibility index (Phi) is 3.28. The van der Waals surface area contributed by atoms with Gasteiger partial charge in [0.1, 0.15) is 5.54 Å². The van der Waals surface area contributed by atoms with Crippen LogP contribution in [0, 0.1) is 0 Å². The number of hydrogen-bond donors (Lipinski definition) is 3. The summed E-state index contributed by atoms with van der Waals surface area (Å²) in [7, 11) is 0. The monoisotopic (exact) mass is 215 g/mol. The first-order chi connectivity index (χ1) is 6.98. The predicted molar refractivity (Wildman–Crippen MR) is 49.2 cm³/mol. The lowest BCUT2D eigenvalue weighted by Gasteiger charge is -2.33. The largest absolute Gasteiger partial charge is 0.480 e. The maximum atomic E-state index is 11.0. The first kappa shape index (κ1) is 11.5. The Morgan fingerprint density at radius 1 is 1.00 bits per heavy atom. The zero-order chi connectivity index (χ0) is 11.5. The summed E-state index contributed by atoms with van der Waals surface area (Å²) in [6.45, 7) is 0. The van der Waals surface area contributed by atoms with Gasteiger partial charge in [-0.15, -0.1) is 0 Å². The number of carboxylic acid groups (broad SMARTS) is 2. The van der Waals surface area contributed by atoms with E-state index in [-0.39, 0.29) is 0 Å². The molecule has 0 heterocycles. The average molecular weight is 215 g/mol. The van der Waals surface area contributed by atoms with Crippen LogP contribution in [-0.4, -0.2) is 33.6 Å². The van der Waals surface area contributed by atoms with Crippen LogP contribution in [0.3, 0.4) is 0 Å². The molecular weight excluding hydrogens is 202 g/mol. The lowest BCUT2D eigenvalue weighted by atomic mass is 9.81. The van der Waals surface area contributed by atoms with Crippen LogP contribution in [0.1, 0.15) is 32.1 Å². The molecule has 1 aliphatic carbocycles. The van der Waals surface area contributed by atoms with Gasteiger partial charge in [-0.05, 0) is 12.8 Å². The van der Waals surface area contributed by atoms with Crippen LogP contribution in [-0.2, 0) is 14.4 Å². The molecule has 6 nitrogen and oxygen atoms in total. The summed E-state index contributed by atoms with van der Waals surface area (Å²) in [4.78, 5) is 32.3. The summed E-state index contributed by atoms with van der Waals surface area (Å²) < 4.78 is 0. The molecule has 15 heavy (non-hydrogen) atoms. The summed E-state index contributed by atoms with van der Waals surface area (Å²) >= 11 is 0. The zero-order valence-corrected chi connectivity index (χ0v) is 8.15. The molecule has 0 aromatic carbocycles. The third kappa shape index (κ3) is 2.45. The summed E-state index contributed by atoms with van der Waals surface area (Å²) in [5, 5.41) is 19.5. The molecule has 1 saturated carbocycles. The topological polar surface area (TPSA) is 104 Å². The first-order valence-electron chi connectivity index (χ1n) is 4.77. The second kappa shape index (κ2) is 4.29. The van der Waals surface area contributed by atoms with Crippen molar-refractivity contribution in [2.45, 2.75) is 37.6 Å². The maximum Gasteiger partial charge on any atom is 0.394 e. The Hall–Kier alpha value is -1.59. The second-order valence-electron chi connectivity index (χ2n) is 3.71. The van der Waals surface area contributed by atoms with Crippen molar-refractivity contribution in [2.24, 2.45) is 0 Å². The van der Waals surface area contributed by atoms with Crippen molar-refractivity contribution in [2.75, 3.05) is 0 Å². The number of amides is 1. The summed E-state index contributed by atoms with van der Waals surface area (Å²) in [5.41, 5.74) is -1.38. The Labute approximate surface area is 86.3 Å². The number of aliphatic carboxylic acids is 2. The van der Waals surface area contributed by atoms with Gasteiger partial charge in [-0.1, -0.05) is 19.3 Å². The van der Waals surface area contributed by atoms with E-state index >= 15 is 0 Å². The van der Waals surface area contributed by atoms with Gasteiger partial charge in [0, 0.05) is 0 Å². The van der Waals surface area contributed by atoms with E-state index in [4.69, 9.17) is 10.2 Å². The van der Waals surface area contributed by atoms with Crippen molar-refractivity contribution in [3.8, 4) is 0 Å². The van der Waals surface area contributed by atoms with E-state index in [1.165, 1.54) is 0 Å². The minimum Gasteiger partial charge on any atom is -0.480 e. The van der Waals surface area contributed by atoms with E-state index in [0.717, 1.165) is 6.42 Å². The van der Waals surface area contributed by atoms with Crippen LogP contribution in [0.25, 0.3) is 0 Å². The fourth-order valence-electron chi connectivity index (χ4n) is 1.82. The molecule has 1 rings (SSSR count). The molecule has 84 valence electrons. The molecule has 0 saturated heterocycles. The van der Waals surface area contributed by atoms with Crippen molar-refractivity contribution in [1.82, 2.24) is 5.32 Å². The molecule has 0 unspecified atom stereocenters. The number of hydrogen-bond acceptors (Lipinski definition) is 3. The van der Waals surface area contributed by atoms with Crippen LogP contribution < -0.4 is 5.32 Å². The van der Waals surface area contributed by atoms with E-state index in [9.17, 15) is 14.4 Å². The highest BCUT2D eigenvalue weighted by Crippen LogP contribution is 2.28. The van der Waals surface area contributed by atoms with E-state index in [1.807, 2.05) is 0 Å². The minimum atomic E-state index is -1.65. The highest BCUT2D eigenvalue weighted by Gasteiger charge is 2.41. The molecule has 0 bridgehead atoms. The van der Waals surface area contributed by atoms with Gasteiger partial charge < -0.3 is 15.5 Å². The molecule has 1 fully saturated rings. The Morgan fingerprint density at radius 2 is 1.53 bits per heavy atom. The van der Waals surface area contributed by atoms with Gasteiger partial charge in [-0.3, -0.25) is 4.79 Å². The Morgan fingerprint density at radius 3 is 1.93 bits per heavy atom. The minimum absolute atomic E-state index is 0.293. The van der Waals surface area contributed by atoms with Crippen LogP contribution in [0.5, 0.6) is 0 Å². The molecule has 6 heteroatoms. The van der Waals surface area contributed by atoms with Crippen LogP contribution in [0.15, 0.2) is 0 Å². The van der Waals surface area contributed by atoms with Crippen molar-refractivity contribution in [1.29, 1.82) is 0 Å². The quantitative estimate of drug-likeness (QED) is 0.561. The van der Waals surface area contributed by atoms with Crippen LogP contribution in [0.4, 0.5) is 0 Å². The van der Waals surface area contributed by atoms with Gasteiger partial charge in [0.05, 0.1) is 0 Å². The molecule has 1 aliphatic rings. The fourth-order valence-corrected chi connectivity index (χ4v) is 1.82. The van der Waals surface area contributed by atoms with Gasteiger partial charge in [0.15, 0.2) is 0 Å². The standard InChI is InChI=1S/C9H13NO5/c11-6(7(12)13)10-9(8(14)15)4-2-1-3-5-9/h1-5H2,(H,10,11)(H,12,13)(H,14,15). The Balaban J connectivity index is 2.77. The smallest absolute Gasteiger partial charge is 0.394 e. The molecule has 1 amide bonds. The van der Waals surface area contributed by atoms with Crippen LogP contribution in [0.2, 0.25) is 0 Å². The third-order valence-corrected chi connectivity index (χ3v) is 2.66. The number of carbonyl (C=O) groups is 3. The molecule has 0 atom stereocenters. The fraction of sp³-hybridized carbons (Fsp3) is 0.667. The lowest BCUT2D eigenvalue weighted by molar-refractivity contribution is -0.155. The Bertz CT molecular complexity index is 293. The predicted octanol–water partition coefficient (Wildman–Crippen LogP) is -0.0253. The van der Waals surface area contributed by atoms with Gasteiger partial charge in [-0.25, -0.2) is 9.59 Å². The molecular formula is C9H13NO5. The van der Waals surface area contributed by atoms with Gasteiger partial charge in [0.25, 0.3) is 0 Å². The molecule has 3 N–H and O–H groups in total. The average Bonchev–Trinajstić information content (AvgIpc) is 2.18. The van der Waals surface area contributed by atoms with E-state index in [0.29, 0.717) is 25.7 Å². The maximum absolute atomic E-state index is 11.0. The van der Waals surface area contributed by atoms with Gasteiger partial charge in [0.2, 0.25) is 0 Å². The van der Waals surface area contributed by atoms with Crippen molar-refractivity contribution >= 4 is 17.8 Å². The third-order valence-electron chi connectivity index (χ3n) is 2.66. The molecule has 0 radical (unpaired) electrons. The first-order valence-corrected chi connectivity index (χ1v) is 4.77.